The number of hydrogen-bond acceptors (Lipinski definition) is 4. The third-order valence-corrected chi connectivity index (χ3v) is 3.18. The van der Waals surface area contributed by atoms with Gasteiger partial charge in [0, 0.05) is 5.56 Å². The second-order valence-corrected chi connectivity index (χ2v) is 5.60. The van der Waals surface area contributed by atoms with E-state index in [0.29, 0.717) is 17.9 Å². The van der Waals surface area contributed by atoms with Gasteiger partial charge in [-0.2, -0.15) is 0 Å². The van der Waals surface area contributed by atoms with Crippen molar-refractivity contribution in [3.05, 3.63) is 17.0 Å². The van der Waals surface area contributed by atoms with E-state index < -0.39 is 18.0 Å². The van der Waals surface area contributed by atoms with Crippen molar-refractivity contribution in [2.75, 3.05) is 0 Å². The number of hydrogen-bond donors (Lipinski definition) is 3. The van der Waals surface area contributed by atoms with Gasteiger partial charge in [-0.3, -0.25) is 0 Å². The SMILES string of the molecule is Cc1noc(C)c1C(C)NC(=O)N[C@H](CC(C)C)C(=O)O. The molecule has 1 unspecified atom stereocenters. The lowest BCUT2D eigenvalue weighted by molar-refractivity contribution is -0.139. The highest BCUT2D eigenvalue weighted by atomic mass is 16.5. The number of amides is 2. The number of urea groups is 1. The predicted molar refractivity (Wildman–Crippen MR) is 76.9 cm³/mol. The van der Waals surface area contributed by atoms with Crippen molar-refractivity contribution >= 4 is 12.0 Å². The lowest BCUT2D eigenvalue weighted by atomic mass is 10.0. The molecule has 0 aliphatic carbocycles. The Morgan fingerprint density at radius 1 is 1.24 bits per heavy atom. The van der Waals surface area contributed by atoms with Crippen molar-refractivity contribution in [2.24, 2.45) is 5.92 Å². The van der Waals surface area contributed by atoms with Crippen molar-refractivity contribution in [3.63, 3.8) is 0 Å². The number of nitrogens with zero attached hydrogens (tertiary/aromatic N) is 1. The normalized spacial score (nSPS) is 13.8. The first kappa shape index (κ1) is 17.0. The first-order valence-electron chi connectivity index (χ1n) is 6.95. The molecule has 7 heteroatoms. The Bertz CT molecular complexity index is 491. The molecule has 0 saturated heterocycles. The third-order valence-electron chi connectivity index (χ3n) is 3.18. The van der Waals surface area contributed by atoms with Crippen LogP contribution >= 0.6 is 0 Å². The van der Waals surface area contributed by atoms with Crippen LogP contribution in [0.15, 0.2) is 4.52 Å². The molecule has 0 radical (unpaired) electrons. The number of carbonyl (C=O) groups is 2. The summed E-state index contributed by atoms with van der Waals surface area (Å²) in [7, 11) is 0. The van der Waals surface area contributed by atoms with Crippen LogP contribution in [0.25, 0.3) is 0 Å². The maximum atomic E-state index is 11.9. The molecule has 0 fully saturated rings. The maximum Gasteiger partial charge on any atom is 0.326 e. The summed E-state index contributed by atoms with van der Waals surface area (Å²) in [6, 6.07) is -1.73. The minimum Gasteiger partial charge on any atom is -0.480 e. The molecule has 0 aromatic carbocycles. The molecule has 0 bridgehead atoms. The van der Waals surface area contributed by atoms with Gasteiger partial charge in [0.1, 0.15) is 11.8 Å². The zero-order valence-corrected chi connectivity index (χ0v) is 13.1. The number of rotatable bonds is 6. The summed E-state index contributed by atoms with van der Waals surface area (Å²) in [5.41, 5.74) is 1.51. The van der Waals surface area contributed by atoms with Crippen molar-refractivity contribution in [1.29, 1.82) is 0 Å². The molecule has 1 heterocycles. The average molecular weight is 297 g/mol. The van der Waals surface area contributed by atoms with E-state index >= 15 is 0 Å². The first-order chi connectivity index (χ1) is 9.72. The van der Waals surface area contributed by atoms with E-state index in [4.69, 9.17) is 9.63 Å². The summed E-state index contributed by atoms with van der Waals surface area (Å²) in [5.74, 6) is -0.229. The van der Waals surface area contributed by atoms with Crippen LogP contribution < -0.4 is 10.6 Å². The minimum absolute atomic E-state index is 0.173. The van der Waals surface area contributed by atoms with Crippen LogP contribution in [0.5, 0.6) is 0 Å². The zero-order valence-electron chi connectivity index (χ0n) is 13.1. The molecule has 1 aromatic heterocycles. The Morgan fingerprint density at radius 2 is 1.86 bits per heavy atom. The number of carboxylic acids is 1. The number of nitrogens with one attached hydrogen (secondary N) is 2. The highest BCUT2D eigenvalue weighted by Crippen LogP contribution is 2.20. The molecule has 2 atom stereocenters. The molecule has 0 aliphatic heterocycles. The fourth-order valence-corrected chi connectivity index (χ4v) is 2.27. The molecule has 7 nitrogen and oxygen atoms in total. The van der Waals surface area contributed by atoms with E-state index in [0.717, 1.165) is 5.56 Å². The van der Waals surface area contributed by atoms with Gasteiger partial charge in [-0.15, -0.1) is 0 Å². The van der Waals surface area contributed by atoms with Crippen LogP contribution in [0.1, 0.15) is 50.3 Å². The molecular formula is C14H23N3O4. The van der Waals surface area contributed by atoms with Gasteiger partial charge in [-0.25, -0.2) is 9.59 Å². The second kappa shape index (κ2) is 7.10. The van der Waals surface area contributed by atoms with Gasteiger partial charge in [0.15, 0.2) is 0 Å². The molecule has 0 spiro atoms. The van der Waals surface area contributed by atoms with E-state index in [1.807, 2.05) is 13.8 Å². The van der Waals surface area contributed by atoms with Gasteiger partial charge in [-0.05, 0) is 33.1 Å². The van der Waals surface area contributed by atoms with Crippen LogP contribution in [-0.2, 0) is 4.79 Å². The minimum atomic E-state index is -1.04. The molecule has 2 amide bonds. The third kappa shape index (κ3) is 4.77. The zero-order chi connectivity index (χ0) is 16.2. The van der Waals surface area contributed by atoms with Crippen LogP contribution in [0, 0.1) is 19.8 Å². The predicted octanol–water partition coefficient (Wildman–Crippen LogP) is 2.15. The Hall–Kier alpha value is -2.05. The number of carbonyl (C=O) groups excluding carboxylic acids is 1. The average Bonchev–Trinajstić information content (AvgIpc) is 2.67. The second-order valence-electron chi connectivity index (χ2n) is 5.60. The molecule has 1 rings (SSSR count). The Labute approximate surface area is 124 Å². The molecular weight excluding hydrogens is 274 g/mol. The molecule has 118 valence electrons. The van der Waals surface area contributed by atoms with Crippen molar-refractivity contribution < 1.29 is 19.2 Å². The van der Waals surface area contributed by atoms with Gasteiger partial charge >= 0.3 is 12.0 Å². The number of carboxylic acid groups (broad SMARTS) is 1. The topological polar surface area (TPSA) is 104 Å². The number of aromatic nitrogens is 1. The van der Waals surface area contributed by atoms with Gasteiger partial charge in [-0.1, -0.05) is 19.0 Å². The van der Waals surface area contributed by atoms with Crippen molar-refractivity contribution in [2.45, 2.75) is 53.1 Å². The van der Waals surface area contributed by atoms with Crippen LogP contribution in [0.2, 0.25) is 0 Å². The quantitative estimate of drug-likeness (QED) is 0.746. The van der Waals surface area contributed by atoms with Gasteiger partial charge in [0.2, 0.25) is 0 Å². The van der Waals surface area contributed by atoms with E-state index in [1.165, 1.54) is 0 Å². The molecule has 0 saturated carbocycles. The van der Waals surface area contributed by atoms with E-state index in [2.05, 4.69) is 15.8 Å². The summed E-state index contributed by atoms with van der Waals surface area (Å²) in [6.45, 7) is 9.17. The largest absolute Gasteiger partial charge is 0.480 e. The first-order valence-corrected chi connectivity index (χ1v) is 6.95. The number of aliphatic carboxylic acids is 1. The molecule has 21 heavy (non-hydrogen) atoms. The van der Waals surface area contributed by atoms with Gasteiger partial charge in [0.05, 0.1) is 11.7 Å². The monoisotopic (exact) mass is 297 g/mol. The van der Waals surface area contributed by atoms with E-state index in [9.17, 15) is 9.59 Å². The van der Waals surface area contributed by atoms with Crippen LogP contribution in [0.3, 0.4) is 0 Å². The number of aryl methyl sites for hydroxylation is 2. The van der Waals surface area contributed by atoms with Crippen LogP contribution in [0.4, 0.5) is 4.79 Å². The molecule has 1 aromatic rings. The lowest BCUT2D eigenvalue weighted by Gasteiger charge is -2.19. The standard InChI is InChI=1S/C14H23N3O4/c1-7(2)6-11(13(18)19)16-14(20)15-8(3)12-9(4)17-21-10(12)5/h7-8,11H,6H2,1-5H3,(H,18,19)(H2,15,16,20)/t8?,11-/m1/s1. The smallest absolute Gasteiger partial charge is 0.326 e. The molecule has 3 N–H and O–H groups in total. The summed E-state index contributed by atoms with van der Waals surface area (Å²) >= 11 is 0. The Morgan fingerprint density at radius 3 is 2.29 bits per heavy atom. The van der Waals surface area contributed by atoms with E-state index in [-0.39, 0.29) is 12.0 Å². The highest BCUT2D eigenvalue weighted by molar-refractivity contribution is 5.82. The fraction of sp³-hybridized carbons (Fsp3) is 0.643. The summed E-state index contributed by atoms with van der Waals surface area (Å²) < 4.78 is 5.05. The summed E-state index contributed by atoms with van der Waals surface area (Å²) in [6.07, 6.45) is 0.377. The lowest BCUT2D eigenvalue weighted by Crippen LogP contribution is -2.47. The fourth-order valence-electron chi connectivity index (χ4n) is 2.27. The van der Waals surface area contributed by atoms with E-state index in [1.54, 1.807) is 20.8 Å². The van der Waals surface area contributed by atoms with Gasteiger partial charge in [0.25, 0.3) is 0 Å². The Balaban J connectivity index is 2.66. The summed E-state index contributed by atoms with van der Waals surface area (Å²) in [4.78, 5) is 23.1. The summed E-state index contributed by atoms with van der Waals surface area (Å²) in [5, 5.41) is 18.1. The van der Waals surface area contributed by atoms with Gasteiger partial charge < -0.3 is 20.3 Å². The maximum absolute atomic E-state index is 11.9. The van der Waals surface area contributed by atoms with Crippen molar-refractivity contribution in [3.8, 4) is 0 Å². The van der Waals surface area contributed by atoms with Crippen molar-refractivity contribution in [1.82, 2.24) is 15.8 Å². The highest BCUT2D eigenvalue weighted by Gasteiger charge is 2.23. The molecule has 0 aliphatic rings. The van der Waals surface area contributed by atoms with Crippen LogP contribution in [-0.4, -0.2) is 28.3 Å². The Kier molecular flexibility index (Phi) is 5.75.